The van der Waals surface area contributed by atoms with Gasteiger partial charge in [0, 0.05) is 22.9 Å². The molecule has 0 aliphatic carbocycles. The van der Waals surface area contributed by atoms with E-state index in [-0.39, 0.29) is 25.2 Å². The van der Waals surface area contributed by atoms with Crippen molar-refractivity contribution < 1.29 is 13.2 Å². The van der Waals surface area contributed by atoms with Crippen LogP contribution in [-0.4, -0.2) is 43.4 Å². The van der Waals surface area contributed by atoms with Gasteiger partial charge in [0.1, 0.15) is 0 Å². The van der Waals surface area contributed by atoms with Crippen molar-refractivity contribution in [3.05, 3.63) is 34.7 Å². The van der Waals surface area contributed by atoms with Gasteiger partial charge in [0.2, 0.25) is 5.91 Å². The molecule has 142 valence electrons. The third-order valence-electron chi connectivity index (χ3n) is 4.57. The molecule has 1 aliphatic rings. The topological polar surface area (TPSA) is 88.2 Å². The van der Waals surface area contributed by atoms with E-state index in [4.69, 9.17) is 0 Å². The van der Waals surface area contributed by atoms with Crippen LogP contribution >= 0.6 is 23.7 Å². The van der Waals surface area contributed by atoms with Crippen LogP contribution in [0.3, 0.4) is 0 Å². The van der Waals surface area contributed by atoms with Gasteiger partial charge in [-0.15, -0.1) is 23.7 Å². The first-order valence-electron chi connectivity index (χ1n) is 8.06. The van der Waals surface area contributed by atoms with E-state index >= 15 is 0 Å². The molecule has 1 aliphatic heterocycles. The molecular weight excluding hydrogens is 394 g/mol. The molecular formula is C17H22ClN3O3S2. The molecule has 2 aromatic rings. The number of piperidine rings is 1. The molecule has 0 spiro atoms. The van der Waals surface area contributed by atoms with Crippen LogP contribution in [0.25, 0.3) is 11.3 Å². The van der Waals surface area contributed by atoms with E-state index in [0.29, 0.717) is 18.8 Å². The van der Waals surface area contributed by atoms with Gasteiger partial charge in [-0.05, 0) is 45.0 Å². The zero-order valence-corrected chi connectivity index (χ0v) is 17.1. The number of amides is 1. The lowest BCUT2D eigenvalue weighted by Gasteiger charge is -2.34. The van der Waals surface area contributed by atoms with Crippen molar-refractivity contribution in [2.45, 2.75) is 24.5 Å². The minimum atomic E-state index is -3.53. The number of sulfone groups is 1. The fourth-order valence-corrected chi connectivity index (χ4v) is 5.05. The van der Waals surface area contributed by atoms with Gasteiger partial charge < -0.3 is 10.6 Å². The number of aromatic nitrogens is 1. The summed E-state index contributed by atoms with van der Waals surface area (Å²) in [4.78, 5) is 17.3. The van der Waals surface area contributed by atoms with Gasteiger partial charge in [0.25, 0.3) is 0 Å². The Morgan fingerprint density at radius 3 is 2.58 bits per heavy atom. The average molecular weight is 416 g/mol. The molecule has 0 atom stereocenters. The highest BCUT2D eigenvalue weighted by Gasteiger charge is 2.48. The molecule has 1 amide bonds. The number of carbonyl (C=O) groups is 1. The number of hydrogen-bond acceptors (Lipinski definition) is 6. The Morgan fingerprint density at radius 1 is 1.31 bits per heavy atom. The number of anilines is 1. The molecule has 1 fully saturated rings. The number of thiazole rings is 1. The molecule has 0 radical (unpaired) electrons. The number of benzene rings is 1. The zero-order chi connectivity index (χ0) is 18.1. The Bertz CT molecular complexity index is 890. The summed E-state index contributed by atoms with van der Waals surface area (Å²) >= 11 is 1.56. The van der Waals surface area contributed by atoms with E-state index in [0.717, 1.165) is 22.5 Å². The Morgan fingerprint density at radius 2 is 2.00 bits per heavy atom. The quantitative estimate of drug-likeness (QED) is 0.801. The number of hydrogen-bond donors (Lipinski definition) is 2. The van der Waals surface area contributed by atoms with Crippen molar-refractivity contribution in [2.24, 2.45) is 0 Å². The third-order valence-corrected chi connectivity index (χ3v) is 7.36. The Kier molecular flexibility index (Phi) is 6.44. The monoisotopic (exact) mass is 415 g/mol. The highest BCUT2D eigenvalue weighted by molar-refractivity contribution is 7.92. The smallest absolute Gasteiger partial charge is 0.245 e. The number of nitrogens with one attached hydrogen (secondary N) is 2. The summed E-state index contributed by atoms with van der Waals surface area (Å²) in [5, 5.41) is 8.84. The second kappa shape index (κ2) is 8.04. The van der Waals surface area contributed by atoms with Crippen molar-refractivity contribution >= 4 is 45.2 Å². The first-order valence-corrected chi connectivity index (χ1v) is 10.8. The van der Waals surface area contributed by atoms with Crippen molar-refractivity contribution in [2.75, 3.05) is 24.7 Å². The lowest BCUT2D eigenvalue weighted by molar-refractivity contribution is -0.119. The van der Waals surface area contributed by atoms with Crippen LogP contribution in [0.4, 0.5) is 5.69 Å². The number of rotatable bonds is 4. The molecule has 2 N–H and O–H groups in total. The SMILES string of the molecule is Cc1nc(-c2cccc(NC(=O)C3(S(C)(=O)=O)CCNCC3)c2)cs1.Cl. The maximum atomic E-state index is 12.9. The van der Waals surface area contributed by atoms with Gasteiger partial charge in [-0.3, -0.25) is 4.79 Å². The van der Waals surface area contributed by atoms with E-state index < -0.39 is 20.5 Å². The number of nitrogens with zero attached hydrogens (tertiary/aromatic N) is 1. The second-order valence-electron chi connectivity index (χ2n) is 6.30. The van der Waals surface area contributed by atoms with Crippen LogP contribution < -0.4 is 10.6 Å². The average Bonchev–Trinajstić information content (AvgIpc) is 3.01. The molecule has 1 aromatic heterocycles. The summed E-state index contributed by atoms with van der Waals surface area (Å²) in [5.41, 5.74) is 2.31. The zero-order valence-electron chi connectivity index (χ0n) is 14.6. The van der Waals surface area contributed by atoms with Crippen molar-refractivity contribution in [3.8, 4) is 11.3 Å². The van der Waals surface area contributed by atoms with Gasteiger partial charge in [0.15, 0.2) is 14.6 Å². The van der Waals surface area contributed by atoms with Crippen LogP contribution in [0.2, 0.25) is 0 Å². The molecule has 0 bridgehead atoms. The minimum absolute atomic E-state index is 0. The van der Waals surface area contributed by atoms with E-state index in [2.05, 4.69) is 15.6 Å². The first kappa shape index (κ1) is 20.8. The summed E-state index contributed by atoms with van der Waals surface area (Å²) in [6, 6.07) is 7.33. The van der Waals surface area contributed by atoms with Gasteiger partial charge in [-0.1, -0.05) is 12.1 Å². The maximum absolute atomic E-state index is 12.9. The van der Waals surface area contributed by atoms with Crippen LogP contribution in [0.15, 0.2) is 29.6 Å². The van der Waals surface area contributed by atoms with Crippen molar-refractivity contribution in [3.63, 3.8) is 0 Å². The van der Waals surface area contributed by atoms with E-state index in [1.54, 1.807) is 17.4 Å². The van der Waals surface area contributed by atoms with E-state index in [1.165, 1.54) is 0 Å². The highest BCUT2D eigenvalue weighted by atomic mass is 35.5. The summed E-state index contributed by atoms with van der Waals surface area (Å²) in [7, 11) is -3.53. The van der Waals surface area contributed by atoms with Crippen molar-refractivity contribution in [1.82, 2.24) is 10.3 Å². The normalized spacial score (nSPS) is 16.5. The fourth-order valence-electron chi connectivity index (χ4n) is 3.09. The number of carbonyl (C=O) groups excluding carboxylic acids is 1. The first-order chi connectivity index (χ1) is 11.8. The van der Waals surface area contributed by atoms with Gasteiger partial charge in [-0.2, -0.15) is 0 Å². The molecule has 26 heavy (non-hydrogen) atoms. The highest BCUT2D eigenvalue weighted by Crippen LogP contribution is 2.30. The Balaban J connectivity index is 0.00000243. The van der Waals surface area contributed by atoms with Gasteiger partial charge >= 0.3 is 0 Å². The molecule has 0 unspecified atom stereocenters. The van der Waals surface area contributed by atoms with Crippen LogP contribution in [0.1, 0.15) is 17.8 Å². The largest absolute Gasteiger partial charge is 0.325 e. The van der Waals surface area contributed by atoms with Gasteiger partial charge in [-0.25, -0.2) is 13.4 Å². The predicted molar refractivity (Wildman–Crippen MR) is 108 cm³/mol. The Labute approximate surface area is 163 Å². The molecule has 3 rings (SSSR count). The van der Waals surface area contributed by atoms with E-state index in [9.17, 15) is 13.2 Å². The molecule has 6 nitrogen and oxygen atoms in total. The summed E-state index contributed by atoms with van der Waals surface area (Å²) in [5.74, 6) is -0.455. The number of halogens is 1. The van der Waals surface area contributed by atoms with Crippen LogP contribution in [0.5, 0.6) is 0 Å². The molecule has 1 saturated heterocycles. The lowest BCUT2D eigenvalue weighted by Crippen LogP contribution is -2.55. The molecule has 2 heterocycles. The summed E-state index contributed by atoms with van der Waals surface area (Å²) < 4.78 is 23.3. The third kappa shape index (κ3) is 4.09. The Hall–Kier alpha value is -1.48. The van der Waals surface area contributed by atoms with E-state index in [1.807, 2.05) is 30.5 Å². The molecule has 1 aromatic carbocycles. The summed E-state index contributed by atoms with van der Waals surface area (Å²) in [6.45, 7) is 2.96. The summed E-state index contributed by atoms with van der Waals surface area (Å²) in [6.07, 6.45) is 1.71. The van der Waals surface area contributed by atoms with Crippen LogP contribution in [-0.2, 0) is 14.6 Å². The fraction of sp³-hybridized carbons (Fsp3) is 0.412. The molecule has 0 saturated carbocycles. The van der Waals surface area contributed by atoms with Crippen LogP contribution in [0, 0.1) is 6.92 Å². The lowest BCUT2D eigenvalue weighted by atomic mass is 9.95. The second-order valence-corrected chi connectivity index (χ2v) is 9.69. The maximum Gasteiger partial charge on any atom is 0.245 e. The van der Waals surface area contributed by atoms with Gasteiger partial charge in [0.05, 0.1) is 10.7 Å². The minimum Gasteiger partial charge on any atom is -0.325 e. The van der Waals surface area contributed by atoms with Crippen molar-refractivity contribution in [1.29, 1.82) is 0 Å². The standard InChI is InChI=1S/C17H21N3O3S2.ClH/c1-12-19-15(11-24-12)13-4-3-5-14(10-13)20-16(21)17(25(2,22)23)6-8-18-9-7-17;/h3-5,10-11,18H,6-9H2,1-2H3,(H,20,21);1H. The number of aryl methyl sites for hydroxylation is 1. The predicted octanol–water partition coefficient (Wildman–Crippen LogP) is 2.65. The molecule has 9 heteroatoms.